The molecule has 2 aromatic rings. The molecule has 2 saturated heterocycles. The van der Waals surface area contributed by atoms with E-state index in [9.17, 15) is 14.4 Å². The van der Waals surface area contributed by atoms with E-state index in [0.717, 1.165) is 63.0 Å². The third kappa shape index (κ3) is 4.72. The van der Waals surface area contributed by atoms with Crippen molar-refractivity contribution in [2.24, 2.45) is 0 Å². The first-order chi connectivity index (χ1) is 17.6. The Morgan fingerprint density at radius 3 is 1.38 bits per heavy atom. The van der Waals surface area contributed by atoms with Crippen molar-refractivity contribution in [2.75, 3.05) is 26.2 Å². The smallest absolute Gasteiger partial charge is 0.193 e. The van der Waals surface area contributed by atoms with Gasteiger partial charge in [0.15, 0.2) is 17.3 Å². The van der Waals surface area contributed by atoms with Gasteiger partial charge < -0.3 is 0 Å². The predicted molar refractivity (Wildman–Crippen MR) is 147 cm³/mol. The van der Waals surface area contributed by atoms with Crippen molar-refractivity contribution in [2.45, 2.75) is 83.7 Å². The second-order valence-electron chi connectivity index (χ2n) is 12.1. The highest BCUT2D eigenvalue weighted by Gasteiger charge is 2.38. The van der Waals surface area contributed by atoms with E-state index in [-0.39, 0.29) is 17.3 Å². The minimum atomic E-state index is -0.607. The first-order valence-corrected chi connectivity index (χ1v) is 14.0. The molecule has 0 N–H and O–H groups in total. The number of hydrogen-bond acceptors (Lipinski definition) is 5. The van der Waals surface area contributed by atoms with Crippen LogP contribution in [0.5, 0.6) is 0 Å². The Kier molecular flexibility index (Phi) is 6.97. The van der Waals surface area contributed by atoms with Gasteiger partial charge in [-0.1, -0.05) is 37.1 Å². The molecule has 5 heteroatoms. The van der Waals surface area contributed by atoms with E-state index < -0.39 is 11.1 Å². The van der Waals surface area contributed by atoms with Gasteiger partial charge >= 0.3 is 0 Å². The van der Waals surface area contributed by atoms with Crippen LogP contribution in [0.25, 0.3) is 0 Å². The Labute approximate surface area is 221 Å². The molecule has 5 rings (SSSR count). The number of piperidine rings is 2. The Balaban J connectivity index is 1.42. The van der Waals surface area contributed by atoms with Crippen molar-refractivity contribution >= 4 is 17.3 Å². The average Bonchev–Trinajstić information content (AvgIpc) is 2.93. The molecule has 2 heterocycles. The fourth-order valence-corrected chi connectivity index (χ4v) is 6.42. The number of ketones is 3. The van der Waals surface area contributed by atoms with Crippen LogP contribution in [0.15, 0.2) is 36.4 Å². The van der Waals surface area contributed by atoms with E-state index in [1.165, 1.54) is 12.8 Å². The number of rotatable bonds is 6. The van der Waals surface area contributed by atoms with Gasteiger partial charge in [0.05, 0.1) is 11.1 Å². The molecule has 0 unspecified atom stereocenters. The summed E-state index contributed by atoms with van der Waals surface area (Å²) in [6.07, 6.45) is 7.53. The number of carbonyl (C=O) groups excluding carboxylic acids is 3. The van der Waals surface area contributed by atoms with Crippen LogP contribution < -0.4 is 0 Å². The van der Waals surface area contributed by atoms with Crippen LogP contribution in [0.4, 0.5) is 0 Å². The fourth-order valence-electron chi connectivity index (χ4n) is 6.42. The third-order valence-electron chi connectivity index (χ3n) is 9.02. The van der Waals surface area contributed by atoms with E-state index >= 15 is 0 Å². The number of benzene rings is 2. The van der Waals surface area contributed by atoms with Gasteiger partial charge in [0, 0.05) is 22.3 Å². The Bertz CT molecular complexity index is 1140. The van der Waals surface area contributed by atoms with Crippen molar-refractivity contribution in [3.8, 4) is 0 Å². The molecule has 2 fully saturated rings. The standard InChI is InChI=1S/C32H40N2O3/c1-31(2,33-15-7-5-8-16-33)29(36)24-13-11-22-19-23-12-14-25(21-27(23)28(35)26(22)20-24)30(37)32(3,4)34-17-9-6-10-18-34/h11-14,20-21H,5-10,15-19H2,1-4H3. The van der Waals surface area contributed by atoms with Crippen molar-refractivity contribution < 1.29 is 14.4 Å². The van der Waals surface area contributed by atoms with Crippen molar-refractivity contribution in [3.05, 3.63) is 69.8 Å². The molecule has 0 amide bonds. The van der Waals surface area contributed by atoms with Gasteiger partial charge in [0.2, 0.25) is 0 Å². The molecule has 5 nitrogen and oxygen atoms in total. The number of hydrogen-bond donors (Lipinski definition) is 0. The lowest BCUT2D eigenvalue weighted by molar-refractivity contribution is 0.0576. The van der Waals surface area contributed by atoms with Crippen LogP contribution in [0.3, 0.4) is 0 Å². The topological polar surface area (TPSA) is 57.7 Å². The highest BCUT2D eigenvalue weighted by Crippen LogP contribution is 2.32. The molecule has 0 atom stereocenters. The summed E-state index contributed by atoms with van der Waals surface area (Å²) in [5, 5.41) is 0. The second-order valence-corrected chi connectivity index (χ2v) is 12.1. The maximum atomic E-state index is 13.7. The molecule has 2 aromatic carbocycles. The molecule has 1 aliphatic carbocycles. The van der Waals surface area contributed by atoms with E-state index in [0.29, 0.717) is 28.7 Å². The van der Waals surface area contributed by atoms with Gasteiger partial charge in [0.25, 0.3) is 0 Å². The van der Waals surface area contributed by atoms with Gasteiger partial charge in [0.1, 0.15) is 0 Å². The summed E-state index contributed by atoms with van der Waals surface area (Å²) < 4.78 is 0. The Morgan fingerprint density at radius 2 is 1.00 bits per heavy atom. The first-order valence-electron chi connectivity index (χ1n) is 14.0. The van der Waals surface area contributed by atoms with Gasteiger partial charge in [-0.2, -0.15) is 0 Å². The normalized spacial score (nSPS) is 19.3. The molecule has 0 saturated carbocycles. The molecule has 37 heavy (non-hydrogen) atoms. The predicted octanol–water partition coefficient (Wildman–Crippen LogP) is 5.72. The summed E-state index contributed by atoms with van der Waals surface area (Å²) in [5.41, 5.74) is 3.03. The van der Waals surface area contributed by atoms with Crippen LogP contribution in [0, 0.1) is 0 Å². The summed E-state index contributed by atoms with van der Waals surface area (Å²) >= 11 is 0. The monoisotopic (exact) mass is 500 g/mol. The van der Waals surface area contributed by atoms with Crippen molar-refractivity contribution in [1.29, 1.82) is 0 Å². The summed E-state index contributed by atoms with van der Waals surface area (Å²) in [6.45, 7) is 11.7. The molecule has 0 bridgehead atoms. The average molecular weight is 501 g/mol. The summed E-state index contributed by atoms with van der Waals surface area (Å²) in [7, 11) is 0. The molecule has 196 valence electrons. The number of nitrogens with zero attached hydrogens (tertiary/aromatic N) is 2. The van der Waals surface area contributed by atoms with Crippen LogP contribution in [-0.2, 0) is 6.42 Å². The quantitative estimate of drug-likeness (QED) is 0.406. The molecule has 3 aliphatic rings. The van der Waals surface area contributed by atoms with Crippen molar-refractivity contribution in [3.63, 3.8) is 0 Å². The van der Waals surface area contributed by atoms with Gasteiger partial charge in [-0.05, 0) is 109 Å². The van der Waals surface area contributed by atoms with Crippen LogP contribution in [-0.4, -0.2) is 64.4 Å². The largest absolute Gasteiger partial charge is 0.292 e. The maximum absolute atomic E-state index is 13.7. The van der Waals surface area contributed by atoms with Crippen molar-refractivity contribution in [1.82, 2.24) is 9.80 Å². The van der Waals surface area contributed by atoms with E-state index in [1.807, 2.05) is 52.0 Å². The number of Topliss-reactive ketones (excluding diaryl/α,β-unsaturated/α-hetero) is 2. The van der Waals surface area contributed by atoms with Gasteiger partial charge in [-0.3, -0.25) is 24.2 Å². The minimum Gasteiger partial charge on any atom is -0.292 e. The number of fused-ring (bicyclic) bond motifs is 2. The fraction of sp³-hybridized carbons (Fsp3) is 0.531. The maximum Gasteiger partial charge on any atom is 0.193 e. The number of carbonyl (C=O) groups is 3. The SMILES string of the molecule is CC(C)(C(=O)c1ccc2c(c1)C(=O)c1cc(C(=O)C(C)(C)N3CCCCC3)ccc1C2)N1CCCCC1. The minimum absolute atomic E-state index is 0.0583. The summed E-state index contributed by atoms with van der Waals surface area (Å²) in [4.78, 5) is 45.5. The molecule has 2 aliphatic heterocycles. The van der Waals surface area contributed by atoms with Crippen LogP contribution >= 0.6 is 0 Å². The Hall–Kier alpha value is -2.63. The lowest BCUT2D eigenvalue weighted by Gasteiger charge is -2.40. The second kappa shape index (κ2) is 9.92. The number of likely N-dealkylation sites (tertiary alicyclic amines) is 2. The van der Waals surface area contributed by atoms with Gasteiger partial charge in [-0.25, -0.2) is 0 Å². The lowest BCUT2D eigenvalue weighted by atomic mass is 9.80. The summed E-state index contributed by atoms with van der Waals surface area (Å²) in [5.74, 6) is 0.0260. The molecule has 0 radical (unpaired) electrons. The molecular formula is C32H40N2O3. The highest BCUT2D eigenvalue weighted by molar-refractivity contribution is 6.15. The highest BCUT2D eigenvalue weighted by atomic mass is 16.1. The van der Waals surface area contributed by atoms with Crippen LogP contribution in [0.2, 0.25) is 0 Å². The zero-order valence-electron chi connectivity index (χ0n) is 22.9. The van der Waals surface area contributed by atoms with E-state index in [1.54, 1.807) is 12.1 Å². The molecule has 0 spiro atoms. The van der Waals surface area contributed by atoms with E-state index in [4.69, 9.17) is 0 Å². The zero-order valence-corrected chi connectivity index (χ0v) is 22.9. The van der Waals surface area contributed by atoms with Gasteiger partial charge in [-0.15, -0.1) is 0 Å². The third-order valence-corrected chi connectivity index (χ3v) is 9.02. The lowest BCUT2D eigenvalue weighted by Crippen LogP contribution is -2.52. The van der Waals surface area contributed by atoms with Crippen LogP contribution in [0.1, 0.15) is 114 Å². The Morgan fingerprint density at radius 1 is 0.622 bits per heavy atom. The van der Waals surface area contributed by atoms with E-state index in [2.05, 4.69) is 9.80 Å². The zero-order chi connectivity index (χ0) is 26.4. The molecular weight excluding hydrogens is 460 g/mol. The summed E-state index contributed by atoms with van der Waals surface area (Å²) in [6, 6.07) is 11.2. The molecule has 0 aromatic heterocycles. The first kappa shape index (κ1) is 26.0.